The van der Waals surface area contributed by atoms with Crippen LogP contribution in [0.3, 0.4) is 0 Å². The number of nitrogens with zero attached hydrogens (tertiary/aromatic N) is 2. The molecule has 2 aliphatic heterocycles. The molecule has 0 aliphatic carbocycles. The Morgan fingerprint density at radius 3 is 2.67 bits per heavy atom. The first-order valence-corrected chi connectivity index (χ1v) is 10.8. The number of ether oxygens (including phenoxy) is 3. The fourth-order valence-electron chi connectivity index (χ4n) is 2.81. The molecule has 7 nitrogen and oxygen atoms in total. The summed E-state index contributed by atoms with van der Waals surface area (Å²) in [5.74, 6) is 1.09. The highest BCUT2D eigenvalue weighted by Gasteiger charge is 2.47. The third-order valence-corrected chi connectivity index (χ3v) is 5.62. The lowest BCUT2D eigenvalue weighted by atomic mass is 10.1. The SMILES string of the molecule is C=C1N=C(N)C(OC)=CN1[C@@H]1OC(CCP(=C)(C)C)[C@@H](O)[C@H]1OC. The number of amidine groups is 1. The van der Waals surface area contributed by atoms with Gasteiger partial charge in [0, 0.05) is 7.11 Å². The Kier molecular flexibility index (Phi) is 5.81. The van der Waals surface area contributed by atoms with Gasteiger partial charge < -0.3 is 30.0 Å². The lowest BCUT2D eigenvalue weighted by Gasteiger charge is -2.32. The molecule has 0 amide bonds. The Labute approximate surface area is 143 Å². The summed E-state index contributed by atoms with van der Waals surface area (Å²) in [6.45, 7) is 7.03. The van der Waals surface area contributed by atoms with Crippen molar-refractivity contribution in [2.75, 3.05) is 33.7 Å². The first-order chi connectivity index (χ1) is 11.2. The van der Waals surface area contributed by atoms with Crippen molar-refractivity contribution in [1.29, 1.82) is 0 Å². The summed E-state index contributed by atoms with van der Waals surface area (Å²) in [5.41, 5.74) is 5.80. The van der Waals surface area contributed by atoms with E-state index < -0.39 is 25.3 Å². The average Bonchev–Trinajstić information content (AvgIpc) is 2.80. The van der Waals surface area contributed by atoms with Gasteiger partial charge in [0.15, 0.2) is 17.8 Å². The van der Waals surface area contributed by atoms with Gasteiger partial charge in [0.25, 0.3) is 0 Å². The number of aliphatic hydroxyl groups excluding tert-OH is 1. The maximum absolute atomic E-state index is 10.6. The van der Waals surface area contributed by atoms with Crippen LogP contribution < -0.4 is 5.73 Å². The van der Waals surface area contributed by atoms with Crippen LogP contribution in [0.5, 0.6) is 0 Å². The molecule has 0 saturated carbocycles. The van der Waals surface area contributed by atoms with E-state index >= 15 is 0 Å². The zero-order valence-corrected chi connectivity index (χ0v) is 15.7. The van der Waals surface area contributed by atoms with E-state index in [0.717, 1.165) is 12.6 Å². The molecule has 2 aliphatic rings. The smallest absolute Gasteiger partial charge is 0.177 e. The Hall–Kier alpha value is -1.27. The van der Waals surface area contributed by atoms with Gasteiger partial charge >= 0.3 is 0 Å². The normalized spacial score (nSPS) is 31.0. The second kappa shape index (κ2) is 7.31. The van der Waals surface area contributed by atoms with Gasteiger partial charge in [0.2, 0.25) is 0 Å². The molecule has 0 spiro atoms. The van der Waals surface area contributed by atoms with Crippen molar-refractivity contribution in [2.45, 2.75) is 31.0 Å². The first-order valence-electron chi connectivity index (χ1n) is 7.79. The van der Waals surface area contributed by atoms with E-state index in [9.17, 15) is 5.11 Å². The fourth-order valence-corrected chi connectivity index (χ4v) is 3.76. The minimum Gasteiger partial charge on any atom is -0.491 e. The molecule has 2 rings (SSSR count). The van der Waals surface area contributed by atoms with Crippen LogP contribution >= 0.6 is 6.89 Å². The van der Waals surface area contributed by atoms with Crippen molar-refractivity contribution in [2.24, 2.45) is 10.7 Å². The topological polar surface area (TPSA) is 89.5 Å². The molecule has 24 heavy (non-hydrogen) atoms. The third kappa shape index (κ3) is 4.03. The molecule has 136 valence electrons. The van der Waals surface area contributed by atoms with Crippen LogP contribution in [0.15, 0.2) is 29.4 Å². The molecule has 1 unspecified atom stereocenters. The molecule has 1 saturated heterocycles. The number of aliphatic imine (C=N–C) groups is 1. The zero-order valence-electron chi connectivity index (χ0n) is 14.8. The van der Waals surface area contributed by atoms with Crippen molar-refractivity contribution in [1.82, 2.24) is 4.90 Å². The minimum atomic E-state index is -1.19. The summed E-state index contributed by atoms with van der Waals surface area (Å²) in [5, 5.41) is 10.6. The first kappa shape index (κ1) is 19.1. The van der Waals surface area contributed by atoms with E-state index in [1.807, 2.05) is 0 Å². The minimum absolute atomic E-state index is 0.256. The van der Waals surface area contributed by atoms with Gasteiger partial charge in [-0.15, -0.1) is 13.2 Å². The monoisotopic (exact) mass is 357 g/mol. The van der Waals surface area contributed by atoms with Crippen LogP contribution in [-0.2, 0) is 14.2 Å². The van der Waals surface area contributed by atoms with E-state index in [-0.39, 0.29) is 11.9 Å². The van der Waals surface area contributed by atoms with Crippen LogP contribution in [0.1, 0.15) is 6.42 Å². The largest absolute Gasteiger partial charge is 0.491 e. The van der Waals surface area contributed by atoms with Gasteiger partial charge in [-0.1, -0.05) is 6.58 Å². The summed E-state index contributed by atoms with van der Waals surface area (Å²) >= 11 is 0. The quantitative estimate of drug-likeness (QED) is 0.684. The van der Waals surface area contributed by atoms with Crippen molar-refractivity contribution >= 4 is 19.0 Å². The molecule has 1 fully saturated rings. The van der Waals surface area contributed by atoms with Crippen molar-refractivity contribution in [3.05, 3.63) is 24.4 Å². The molecule has 4 atom stereocenters. The van der Waals surface area contributed by atoms with Crippen LogP contribution in [-0.4, -0.2) is 80.4 Å². The van der Waals surface area contributed by atoms with E-state index in [1.165, 1.54) is 7.11 Å². The van der Waals surface area contributed by atoms with Crippen molar-refractivity contribution in [3.8, 4) is 0 Å². The lowest BCUT2D eigenvalue weighted by Crippen LogP contribution is -2.43. The standard InChI is InChI=1S/C16H28N3O4P/c1-10-18-15(17)12(21-2)9-19(10)16-14(22-3)13(20)11(23-16)7-8-24(4,5)6/h9,11,13-14,16,20H,1,4,7-8H2,2-3,5-6H3,(H2,17,18)/t11?,13-,14-,16-/m1/s1. The van der Waals surface area contributed by atoms with Crippen LogP contribution in [0.4, 0.5) is 0 Å². The van der Waals surface area contributed by atoms with Gasteiger partial charge in [0.05, 0.1) is 19.4 Å². The number of hydrogen-bond acceptors (Lipinski definition) is 7. The molecule has 2 heterocycles. The van der Waals surface area contributed by atoms with Gasteiger partial charge in [-0.3, -0.25) is 0 Å². The Morgan fingerprint density at radius 1 is 1.46 bits per heavy atom. The highest BCUT2D eigenvalue weighted by atomic mass is 31.2. The summed E-state index contributed by atoms with van der Waals surface area (Å²) in [7, 11) is 3.07. The molecule has 0 aromatic heterocycles. The zero-order chi connectivity index (χ0) is 18.1. The van der Waals surface area contributed by atoms with Gasteiger partial charge in [-0.2, -0.15) is 0 Å². The average molecular weight is 357 g/mol. The molecule has 0 aromatic rings. The highest BCUT2D eigenvalue weighted by molar-refractivity contribution is 7.72. The van der Waals surface area contributed by atoms with Crippen molar-refractivity contribution < 1.29 is 19.3 Å². The second-order valence-electron chi connectivity index (χ2n) is 6.72. The summed E-state index contributed by atoms with van der Waals surface area (Å²) in [6.07, 6.45) is 5.42. The molecular weight excluding hydrogens is 329 g/mol. The molecule has 3 N–H and O–H groups in total. The highest BCUT2D eigenvalue weighted by Crippen LogP contribution is 2.39. The lowest BCUT2D eigenvalue weighted by molar-refractivity contribution is -0.0708. The molecule has 0 bridgehead atoms. The predicted octanol–water partition coefficient (Wildman–Crippen LogP) is 0.818. The summed E-state index contributed by atoms with van der Waals surface area (Å²) in [6, 6.07) is 0. The number of methoxy groups -OCH3 is 2. The summed E-state index contributed by atoms with van der Waals surface area (Å²) < 4.78 is 16.8. The fraction of sp³-hybridized carbons (Fsp3) is 0.625. The maximum atomic E-state index is 10.6. The summed E-state index contributed by atoms with van der Waals surface area (Å²) in [4.78, 5) is 5.87. The van der Waals surface area contributed by atoms with Gasteiger partial charge in [-0.05, 0) is 25.9 Å². The predicted molar refractivity (Wildman–Crippen MR) is 98.5 cm³/mol. The molecule has 0 radical (unpaired) electrons. The third-order valence-electron chi connectivity index (χ3n) is 4.15. The second-order valence-corrected chi connectivity index (χ2v) is 11.0. The number of hydrogen-bond donors (Lipinski definition) is 2. The van der Waals surface area contributed by atoms with Gasteiger partial charge in [0.1, 0.15) is 18.0 Å². The van der Waals surface area contributed by atoms with Gasteiger partial charge in [-0.25, -0.2) is 4.99 Å². The van der Waals surface area contributed by atoms with E-state index in [4.69, 9.17) is 19.9 Å². The van der Waals surface area contributed by atoms with Crippen LogP contribution in [0.25, 0.3) is 0 Å². The van der Waals surface area contributed by atoms with E-state index in [1.54, 1.807) is 18.2 Å². The van der Waals surface area contributed by atoms with Crippen molar-refractivity contribution in [3.63, 3.8) is 0 Å². The van der Waals surface area contributed by atoms with E-state index in [2.05, 4.69) is 31.2 Å². The maximum Gasteiger partial charge on any atom is 0.177 e. The Bertz CT molecular complexity index is 598. The van der Waals surface area contributed by atoms with Crippen LogP contribution in [0, 0.1) is 0 Å². The van der Waals surface area contributed by atoms with Crippen LogP contribution in [0.2, 0.25) is 0 Å². The van der Waals surface area contributed by atoms with E-state index in [0.29, 0.717) is 11.6 Å². The number of rotatable bonds is 6. The number of nitrogens with two attached hydrogens (primary N) is 1. The molecular formula is C16H28N3O4P. The Morgan fingerprint density at radius 2 is 2.12 bits per heavy atom. The molecule has 0 aromatic carbocycles. The Balaban J connectivity index is 2.19. The number of aliphatic hydroxyl groups is 1. The molecule has 8 heteroatoms.